The minimum absolute atomic E-state index is 0.143. The fraction of sp³-hybridized carbons (Fsp3) is 0.500. The van der Waals surface area contributed by atoms with Crippen LogP contribution < -0.4 is 0 Å². The molecule has 0 heterocycles. The second-order valence-electron chi connectivity index (χ2n) is 8.30. The predicted octanol–water partition coefficient (Wildman–Crippen LogP) is 7.71. The summed E-state index contributed by atoms with van der Waals surface area (Å²) in [5.41, 5.74) is 9.81. The van der Waals surface area contributed by atoms with E-state index in [1.807, 2.05) is 0 Å². The number of hydrogen-bond donors (Lipinski definition) is 0. The first-order chi connectivity index (χ1) is 14.6. The summed E-state index contributed by atoms with van der Waals surface area (Å²) < 4.78 is 0. The summed E-state index contributed by atoms with van der Waals surface area (Å²) in [4.78, 5) is 0. The highest BCUT2D eigenvalue weighted by Gasteiger charge is 2.27. The first-order valence-corrected chi connectivity index (χ1v) is 11.8. The first kappa shape index (κ1) is 24.1. The molecule has 0 bridgehead atoms. The van der Waals surface area contributed by atoms with Gasteiger partial charge in [-0.2, -0.15) is 10.2 Å². The SMILES string of the molecule is C=NN=C(C)C(c1c(CCC)cccc1CCC)c1c(CCC)cccc1CCC. The van der Waals surface area contributed by atoms with E-state index in [0.29, 0.717) is 0 Å². The van der Waals surface area contributed by atoms with Gasteiger partial charge in [0.2, 0.25) is 0 Å². The summed E-state index contributed by atoms with van der Waals surface area (Å²) in [7, 11) is 0. The van der Waals surface area contributed by atoms with Gasteiger partial charge in [-0.05, 0) is 66.0 Å². The Hall–Kier alpha value is -2.22. The van der Waals surface area contributed by atoms with E-state index in [1.54, 1.807) is 0 Å². The van der Waals surface area contributed by atoms with E-state index in [9.17, 15) is 0 Å². The Balaban J connectivity index is 2.89. The highest BCUT2D eigenvalue weighted by molar-refractivity contribution is 5.93. The van der Waals surface area contributed by atoms with Gasteiger partial charge in [0.1, 0.15) is 0 Å². The van der Waals surface area contributed by atoms with Crippen molar-refractivity contribution >= 4 is 12.4 Å². The normalized spacial score (nSPS) is 11.9. The molecule has 162 valence electrons. The minimum atomic E-state index is 0.143. The van der Waals surface area contributed by atoms with Gasteiger partial charge >= 0.3 is 0 Å². The van der Waals surface area contributed by atoms with Crippen molar-refractivity contribution in [1.82, 2.24) is 0 Å². The number of nitrogens with zero attached hydrogens (tertiary/aromatic N) is 2. The lowest BCUT2D eigenvalue weighted by Gasteiger charge is -2.28. The maximum absolute atomic E-state index is 4.51. The van der Waals surface area contributed by atoms with Crippen LogP contribution in [0, 0.1) is 0 Å². The average Bonchev–Trinajstić information content (AvgIpc) is 2.72. The molecule has 0 unspecified atom stereocenters. The molecule has 0 aliphatic heterocycles. The van der Waals surface area contributed by atoms with Crippen molar-refractivity contribution in [2.45, 2.75) is 91.9 Å². The van der Waals surface area contributed by atoms with Gasteiger partial charge in [-0.1, -0.05) is 89.8 Å². The third-order valence-electron chi connectivity index (χ3n) is 5.87. The Bertz CT molecular complexity index is 740. The highest BCUT2D eigenvalue weighted by Crippen LogP contribution is 2.38. The van der Waals surface area contributed by atoms with E-state index in [4.69, 9.17) is 0 Å². The van der Waals surface area contributed by atoms with Gasteiger partial charge in [-0.25, -0.2) is 0 Å². The van der Waals surface area contributed by atoms with E-state index in [2.05, 4.69) is 87.9 Å². The maximum atomic E-state index is 4.51. The van der Waals surface area contributed by atoms with Crippen LogP contribution in [0.1, 0.15) is 99.6 Å². The molecule has 30 heavy (non-hydrogen) atoms. The second-order valence-corrected chi connectivity index (χ2v) is 8.30. The van der Waals surface area contributed by atoms with Crippen molar-refractivity contribution in [3.05, 3.63) is 69.8 Å². The fourth-order valence-electron chi connectivity index (χ4n) is 4.75. The zero-order valence-corrected chi connectivity index (χ0v) is 19.8. The van der Waals surface area contributed by atoms with E-state index >= 15 is 0 Å². The highest BCUT2D eigenvalue weighted by atomic mass is 15.2. The Morgan fingerprint density at radius 3 is 1.30 bits per heavy atom. The molecule has 0 N–H and O–H groups in total. The molecule has 0 saturated carbocycles. The van der Waals surface area contributed by atoms with Gasteiger partial charge in [0.25, 0.3) is 0 Å². The van der Waals surface area contributed by atoms with Crippen molar-refractivity contribution in [2.75, 3.05) is 0 Å². The Labute approximate surface area is 184 Å². The molecule has 0 radical (unpaired) electrons. The van der Waals surface area contributed by atoms with Gasteiger partial charge in [0, 0.05) is 18.3 Å². The summed E-state index contributed by atoms with van der Waals surface area (Å²) in [5, 5.41) is 8.46. The van der Waals surface area contributed by atoms with Crippen molar-refractivity contribution in [2.24, 2.45) is 10.2 Å². The topological polar surface area (TPSA) is 24.7 Å². The van der Waals surface area contributed by atoms with Crippen molar-refractivity contribution in [3.8, 4) is 0 Å². The lowest BCUT2D eigenvalue weighted by molar-refractivity contribution is 0.820. The third-order valence-corrected chi connectivity index (χ3v) is 5.87. The molecule has 0 atom stereocenters. The standard InChI is InChI=1S/C28H40N2/c1-7-13-22-17-11-18-23(14-8-2)27(22)26(21(5)30-29-6)28-24(15-9-3)19-12-20-25(28)16-10-4/h11-12,17-20,26H,6-10,13-16H2,1-5H3. The second kappa shape index (κ2) is 12.5. The van der Waals surface area contributed by atoms with Crippen LogP contribution >= 0.6 is 0 Å². The maximum Gasteiger partial charge on any atom is 0.0500 e. The largest absolute Gasteiger partial charge is 0.167 e. The summed E-state index contributed by atoms with van der Waals surface area (Å²) >= 11 is 0. The Morgan fingerprint density at radius 2 is 1.03 bits per heavy atom. The summed E-state index contributed by atoms with van der Waals surface area (Å²) in [6.45, 7) is 14.9. The van der Waals surface area contributed by atoms with Gasteiger partial charge in [0.05, 0.1) is 0 Å². The molecule has 0 amide bonds. The molecular formula is C28H40N2. The van der Waals surface area contributed by atoms with Crippen LogP contribution in [0.2, 0.25) is 0 Å². The van der Waals surface area contributed by atoms with E-state index in [-0.39, 0.29) is 5.92 Å². The quantitative estimate of drug-likeness (QED) is 0.256. The predicted molar refractivity (Wildman–Crippen MR) is 133 cm³/mol. The minimum Gasteiger partial charge on any atom is -0.167 e. The number of aryl methyl sites for hydroxylation is 4. The van der Waals surface area contributed by atoms with E-state index in [1.165, 1.54) is 33.4 Å². The molecule has 0 spiro atoms. The van der Waals surface area contributed by atoms with Crippen molar-refractivity contribution in [3.63, 3.8) is 0 Å². The molecule has 0 fully saturated rings. The Kier molecular flexibility index (Phi) is 10.00. The smallest absolute Gasteiger partial charge is 0.0500 e. The molecule has 0 saturated heterocycles. The molecule has 0 aliphatic rings. The van der Waals surface area contributed by atoms with Crippen LogP contribution in [0.3, 0.4) is 0 Å². The van der Waals surface area contributed by atoms with E-state index < -0.39 is 0 Å². The van der Waals surface area contributed by atoms with Gasteiger partial charge in [0.15, 0.2) is 0 Å². The summed E-state index contributed by atoms with van der Waals surface area (Å²) in [6, 6.07) is 13.8. The fourth-order valence-corrected chi connectivity index (χ4v) is 4.75. The van der Waals surface area contributed by atoms with Crippen molar-refractivity contribution < 1.29 is 0 Å². The van der Waals surface area contributed by atoms with Crippen LogP contribution in [0.4, 0.5) is 0 Å². The van der Waals surface area contributed by atoms with Crippen LogP contribution in [-0.4, -0.2) is 12.4 Å². The molecule has 0 aliphatic carbocycles. The van der Waals surface area contributed by atoms with Gasteiger partial charge < -0.3 is 0 Å². The van der Waals surface area contributed by atoms with Gasteiger partial charge in [-0.3, -0.25) is 0 Å². The van der Waals surface area contributed by atoms with E-state index in [0.717, 1.165) is 57.1 Å². The summed E-state index contributed by atoms with van der Waals surface area (Å²) in [6.07, 6.45) is 8.95. The zero-order chi connectivity index (χ0) is 21.9. The molecule has 2 heteroatoms. The zero-order valence-electron chi connectivity index (χ0n) is 19.8. The Morgan fingerprint density at radius 1 is 0.700 bits per heavy atom. The average molecular weight is 405 g/mol. The number of benzene rings is 2. The van der Waals surface area contributed by atoms with Crippen LogP contribution in [0.5, 0.6) is 0 Å². The number of hydrogen-bond acceptors (Lipinski definition) is 2. The third kappa shape index (κ3) is 5.68. The summed E-state index contributed by atoms with van der Waals surface area (Å²) in [5.74, 6) is 0.143. The van der Waals surface area contributed by atoms with Crippen LogP contribution in [0.15, 0.2) is 46.6 Å². The molecule has 0 aromatic heterocycles. The van der Waals surface area contributed by atoms with Crippen LogP contribution in [0.25, 0.3) is 0 Å². The number of rotatable bonds is 12. The molecule has 2 rings (SSSR count). The molecular weight excluding hydrogens is 364 g/mol. The molecule has 2 aromatic carbocycles. The lowest BCUT2D eigenvalue weighted by atomic mass is 9.76. The molecule has 2 aromatic rings. The molecule has 2 nitrogen and oxygen atoms in total. The van der Waals surface area contributed by atoms with Gasteiger partial charge in [-0.15, -0.1) is 0 Å². The first-order valence-electron chi connectivity index (χ1n) is 11.8. The van der Waals surface area contributed by atoms with Crippen LogP contribution in [-0.2, 0) is 25.7 Å². The lowest BCUT2D eigenvalue weighted by Crippen LogP contribution is -2.19. The van der Waals surface area contributed by atoms with Crippen molar-refractivity contribution in [1.29, 1.82) is 0 Å². The monoisotopic (exact) mass is 404 g/mol.